The van der Waals surface area contributed by atoms with Crippen molar-refractivity contribution in [1.82, 2.24) is 4.90 Å². The zero-order valence-electron chi connectivity index (χ0n) is 10.5. The van der Waals surface area contributed by atoms with E-state index in [1.165, 1.54) is 18.6 Å². The maximum Gasteiger partial charge on any atom is 0.0766 e. The van der Waals surface area contributed by atoms with Gasteiger partial charge in [0.25, 0.3) is 0 Å². The quantitative estimate of drug-likeness (QED) is 0.679. The van der Waals surface area contributed by atoms with Gasteiger partial charge >= 0.3 is 0 Å². The lowest BCUT2D eigenvalue weighted by atomic mass is 9.96. The minimum Gasteiger partial charge on any atom is -0.286 e. The summed E-state index contributed by atoms with van der Waals surface area (Å²) in [7, 11) is 0. The molecule has 1 aliphatic heterocycles. The predicted molar refractivity (Wildman–Crippen MR) is 70.3 cm³/mol. The van der Waals surface area contributed by atoms with Crippen LogP contribution in [0.5, 0.6) is 0 Å². The largest absolute Gasteiger partial charge is 0.286 e. The summed E-state index contributed by atoms with van der Waals surface area (Å²) < 4.78 is 0.437. The molecular weight excluding hydrogens is 202 g/mol. The summed E-state index contributed by atoms with van der Waals surface area (Å²) in [6.45, 7) is 11.2. The van der Waals surface area contributed by atoms with Crippen LogP contribution in [0.2, 0.25) is 0 Å². The van der Waals surface area contributed by atoms with Crippen LogP contribution in [0.25, 0.3) is 0 Å². The maximum atomic E-state index is 5.61. The molecule has 0 spiro atoms. The smallest absolute Gasteiger partial charge is 0.0766 e. The molecule has 86 valence electrons. The second-order valence-electron chi connectivity index (χ2n) is 4.86. The van der Waals surface area contributed by atoms with Gasteiger partial charge in [0.2, 0.25) is 0 Å². The van der Waals surface area contributed by atoms with Gasteiger partial charge < -0.3 is 0 Å². The number of thioether (sulfide) groups is 1. The van der Waals surface area contributed by atoms with Crippen LogP contribution in [-0.4, -0.2) is 34.0 Å². The molecule has 1 heterocycles. The first-order valence-electron chi connectivity index (χ1n) is 5.86. The predicted octanol–water partition coefficient (Wildman–Crippen LogP) is 3.01. The first-order chi connectivity index (χ1) is 6.99. The van der Waals surface area contributed by atoms with E-state index >= 15 is 0 Å². The standard InChI is InChI=1S/C13H23NS/c1-6-12(4,5)14-9-10-15-13(7-2,8-3)11-14/h1H,7-11H2,2-5H3. The molecule has 1 aliphatic rings. The molecule has 2 heteroatoms. The molecule has 1 fully saturated rings. The SMILES string of the molecule is C#CC(C)(C)N1CCSC(CC)(CC)C1. The van der Waals surface area contributed by atoms with Crippen molar-refractivity contribution in [3.05, 3.63) is 0 Å². The Bertz CT molecular complexity index is 248. The number of hydrogen-bond acceptors (Lipinski definition) is 2. The highest BCUT2D eigenvalue weighted by Gasteiger charge is 2.37. The zero-order chi connectivity index (χ0) is 11.5. The lowest BCUT2D eigenvalue weighted by Crippen LogP contribution is -2.54. The lowest BCUT2D eigenvalue weighted by molar-refractivity contribution is 0.151. The van der Waals surface area contributed by atoms with Crippen LogP contribution in [0.4, 0.5) is 0 Å². The Morgan fingerprint density at radius 1 is 1.40 bits per heavy atom. The Labute approximate surface area is 99.0 Å². The van der Waals surface area contributed by atoms with Gasteiger partial charge in [0.1, 0.15) is 0 Å². The van der Waals surface area contributed by atoms with E-state index in [4.69, 9.17) is 6.42 Å². The molecule has 0 aromatic carbocycles. The van der Waals surface area contributed by atoms with E-state index in [1.807, 2.05) is 0 Å². The van der Waals surface area contributed by atoms with Crippen molar-refractivity contribution in [2.75, 3.05) is 18.8 Å². The van der Waals surface area contributed by atoms with Crippen molar-refractivity contribution in [2.24, 2.45) is 0 Å². The molecular formula is C13H23NS. The fraction of sp³-hybridized carbons (Fsp3) is 0.846. The molecule has 1 saturated heterocycles. The highest BCUT2D eigenvalue weighted by atomic mass is 32.2. The van der Waals surface area contributed by atoms with E-state index in [2.05, 4.69) is 50.3 Å². The monoisotopic (exact) mass is 225 g/mol. The number of hydrogen-bond donors (Lipinski definition) is 0. The van der Waals surface area contributed by atoms with Gasteiger partial charge in [-0.05, 0) is 26.7 Å². The van der Waals surface area contributed by atoms with Crippen molar-refractivity contribution in [2.45, 2.75) is 50.8 Å². The fourth-order valence-electron chi connectivity index (χ4n) is 2.09. The maximum absolute atomic E-state index is 5.61. The highest BCUT2D eigenvalue weighted by Crippen LogP contribution is 2.38. The molecule has 0 aromatic heterocycles. The van der Waals surface area contributed by atoms with Crippen LogP contribution in [0, 0.1) is 12.3 Å². The molecule has 0 atom stereocenters. The Kier molecular flexibility index (Phi) is 4.14. The fourth-order valence-corrected chi connectivity index (χ4v) is 3.49. The molecule has 1 rings (SSSR count). The molecule has 0 saturated carbocycles. The summed E-state index contributed by atoms with van der Waals surface area (Å²) in [6.07, 6.45) is 8.09. The van der Waals surface area contributed by atoms with Gasteiger partial charge in [-0.2, -0.15) is 11.8 Å². The molecule has 15 heavy (non-hydrogen) atoms. The van der Waals surface area contributed by atoms with Crippen LogP contribution in [0.3, 0.4) is 0 Å². The third-order valence-electron chi connectivity index (χ3n) is 3.68. The molecule has 0 amide bonds. The molecule has 0 aliphatic carbocycles. The summed E-state index contributed by atoms with van der Waals surface area (Å²) in [4.78, 5) is 2.47. The van der Waals surface area contributed by atoms with Gasteiger partial charge in [-0.25, -0.2) is 0 Å². The third kappa shape index (κ3) is 2.71. The van der Waals surface area contributed by atoms with E-state index in [1.54, 1.807) is 0 Å². The number of terminal acetylenes is 1. The van der Waals surface area contributed by atoms with Crippen molar-refractivity contribution in [3.8, 4) is 12.3 Å². The lowest BCUT2D eigenvalue weighted by Gasteiger charge is -2.46. The Morgan fingerprint density at radius 2 is 2.00 bits per heavy atom. The van der Waals surface area contributed by atoms with Gasteiger partial charge in [-0.1, -0.05) is 19.8 Å². The average molecular weight is 225 g/mol. The van der Waals surface area contributed by atoms with Crippen molar-refractivity contribution in [1.29, 1.82) is 0 Å². The van der Waals surface area contributed by atoms with Crippen LogP contribution < -0.4 is 0 Å². The summed E-state index contributed by atoms with van der Waals surface area (Å²) >= 11 is 2.13. The average Bonchev–Trinajstić information content (AvgIpc) is 2.29. The van der Waals surface area contributed by atoms with E-state index < -0.39 is 0 Å². The van der Waals surface area contributed by atoms with Crippen LogP contribution in [0.1, 0.15) is 40.5 Å². The van der Waals surface area contributed by atoms with Crippen LogP contribution in [0.15, 0.2) is 0 Å². The third-order valence-corrected chi connectivity index (χ3v) is 5.39. The van der Waals surface area contributed by atoms with Gasteiger partial charge in [-0.3, -0.25) is 4.90 Å². The topological polar surface area (TPSA) is 3.24 Å². The van der Waals surface area contributed by atoms with E-state index in [-0.39, 0.29) is 5.54 Å². The summed E-state index contributed by atoms with van der Waals surface area (Å²) in [5.74, 6) is 4.13. The molecule has 0 radical (unpaired) electrons. The van der Waals surface area contributed by atoms with Crippen molar-refractivity contribution >= 4 is 11.8 Å². The molecule has 0 bridgehead atoms. The molecule has 0 unspecified atom stereocenters. The minimum absolute atomic E-state index is 0.0867. The Balaban J connectivity index is 2.76. The minimum atomic E-state index is -0.0867. The van der Waals surface area contributed by atoms with Crippen molar-refractivity contribution in [3.63, 3.8) is 0 Å². The van der Waals surface area contributed by atoms with E-state index in [0.717, 1.165) is 13.1 Å². The molecule has 1 nitrogen and oxygen atoms in total. The second-order valence-corrected chi connectivity index (χ2v) is 6.43. The number of nitrogens with zero attached hydrogens (tertiary/aromatic N) is 1. The summed E-state index contributed by atoms with van der Waals surface area (Å²) in [5.41, 5.74) is -0.0867. The van der Waals surface area contributed by atoms with Crippen LogP contribution in [-0.2, 0) is 0 Å². The van der Waals surface area contributed by atoms with Gasteiger partial charge in [0.05, 0.1) is 5.54 Å². The van der Waals surface area contributed by atoms with Gasteiger partial charge in [0, 0.05) is 23.6 Å². The zero-order valence-corrected chi connectivity index (χ0v) is 11.3. The Morgan fingerprint density at radius 3 is 2.47 bits per heavy atom. The molecule has 0 aromatic rings. The van der Waals surface area contributed by atoms with Crippen LogP contribution >= 0.6 is 11.8 Å². The molecule has 0 N–H and O–H groups in total. The summed E-state index contributed by atoms with van der Waals surface area (Å²) in [6, 6.07) is 0. The van der Waals surface area contributed by atoms with Gasteiger partial charge in [0.15, 0.2) is 0 Å². The van der Waals surface area contributed by atoms with E-state index in [0.29, 0.717) is 4.75 Å². The first-order valence-corrected chi connectivity index (χ1v) is 6.85. The second kappa shape index (κ2) is 4.80. The Hall–Kier alpha value is -0.130. The normalized spacial score (nSPS) is 22.3. The highest BCUT2D eigenvalue weighted by molar-refractivity contribution is 8.00. The first kappa shape index (κ1) is 12.9. The van der Waals surface area contributed by atoms with Crippen molar-refractivity contribution < 1.29 is 0 Å². The van der Waals surface area contributed by atoms with Gasteiger partial charge in [-0.15, -0.1) is 6.42 Å². The summed E-state index contributed by atoms with van der Waals surface area (Å²) in [5, 5.41) is 0. The van der Waals surface area contributed by atoms with E-state index in [9.17, 15) is 0 Å². The number of rotatable bonds is 3.